The Kier molecular flexibility index (Phi) is 4.47. The number of aliphatic hydroxyl groups excluding tert-OH is 1. The summed E-state index contributed by atoms with van der Waals surface area (Å²) in [6.45, 7) is 3.92. The van der Waals surface area contributed by atoms with Crippen LogP contribution in [0.15, 0.2) is 18.3 Å². The lowest BCUT2D eigenvalue weighted by Gasteiger charge is -2.37. The smallest absolute Gasteiger partial charge is 0.337 e. The lowest BCUT2D eigenvalue weighted by atomic mass is 10.1. The predicted molar refractivity (Wildman–Crippen MR) is 67.9 cm³/mol. The number of ether oxygens (including phenoxy) is 1. The minimum atomic E-state index is -0.973. The Morgan fingerprint density at radius 1 is 1.58 bits per heavy atom. The highest BCUT2D eigenvalue weighted by molar-refractivity contribution is 5.87. The van der Waals surface area contributed by atoms with Crippen molar-refractivity contribution in [3.8, 4) is 0 Å². The van der Waals surface area contributed by atoms with Gasteiger partial charge in [-0.3, -0.25) is 9.88 Å². The number of rotatable bonds is 4. The van der Waals surface area contributed by atoms with Crippen LogP contribution in [0.4, 0.5) is 0 Å². The van der Waals surface area contributed by atoms with E-state index in [1.54, 1.807) is 12.1 Å². The summed E-state index contributed by atoms with van der Waals surface area (Å²) in [6, 6.07) is 3.53. The summed E-state index contributed by atoms with van der Waals surface area (Å²) >= 11 is 0. The Balaban J connectivity index is 2.01. The van der Waals surface area contributed by atoms with Crippen molar-refractivity contribution in [2.75, 3.05) is 19.8 Å². The van der Waals surface area contributed by atoms with Gasteiger partial charge in [0.25, 0.3) is 0 Å². The summed E-state index contributed by atoms with van der Waals surface area (Å²) in [5.41, 5.74) is 1.00. The third kappa shape index (κ3) is 3.50. The fourth-order valence-electron chi connectivity index (χ4n) is 2.06. The topological polar surface area (TPSA) is 82.9 Å². The molecule has 1 aliphatic heterocycles. The van der Waals surface area contributed by atoms with Crippen LogP contribution in [-0.4, -0.2) is 58.0 Å². The standard InChI is InChI=1S/C13H18N2O4/c1-9-8-19-12(7-16)6-15(9)5-11-3-2-10(4-14-11)13(17)18/h2-4,9,12,16H,5-8H2,1H3,(H,17,18). The fourth-order valence-corrected chi connectivity index (χ4v) is 2.06. The summed E-state index contributed by atoms with van der Waals surface area (Å²) in [4.78, 5) is 17.1. The maximum Gasteiger partial charge on any atom is 0.337 e. The van der Waals surface area contributed by atoms with E-state index in [1.807, 2.05) is 0 Å². The molecule has 1 aliphatic rings. The summed E-state index contributed by atoms with van der Waals surface area (Å²) in [5, 5.41) is 17.9. The molecule has 0 spiro atoms. The molecule has 0 radical (unpaired) electrons. The highest BCUT2D eigenvalue weighted by atomic mass is 16.5. The first-order valence-electron chi connectivity index (χ1n) is 6.25. The number of hydrogen-bond acceptors (Lipinski definition) is 5. The zero-order valence-corrected chi connectivity index (χ0v) is 10.8. The van der Waals surface area contributed by atoms with E-state index in [-0.39, 0.29) is 24.3 Å². The molecule has 1 fully saturated rings. The Morgan fingerprint density at radius 2 is 2.37 bits per heavy atom. The fraction of sp³-hybridized carbons (Fsp3) is 0.538. The van der Waals surface area contributed by atoms with E-state index in [9.17, 15) is 4.79 Å². The van der Waals surface area contributed by atoms with E-state index in [2.05, 4.69) is 16.8 Å². The first-order valence-corrected chi connectivity index (χ1v) is 6.25. The van der Waals surface area contributed by atoms with Gasteiger partial charge in [0.15, 0.2) is 0 Å². The molecule has 1 saturated heterocycles. The normalized spacial score (nSPS) is 24.3. The Labute approximate surface area is 111 Å². The van der Waals surface area contributed by atoms with Gasteiger partial charge in [0.2, 0.25) is 0 Å². The molecule has 0 bridgehead atoms. The van der Waals surface area contributed by atoms with Gasteiger partial charge in [0.05, 0.1) is 30.6 Å². The number of aromatic carboxylic acids is 1. The van der Waals surface area contributed by atoms with Crippen molar-refractivity contribution >= 4 is 5.97 Å². The molecule has 0 aliphatic carbocycles. The van der Waals surface area contributed by atoms with E-state index in [1.165, 1.54) is 6.20 Å². The van der Waals surface area contributed by atoms with Crippen molar-refractivity contribution in [3.63, 3.8) is 0 Å². The number of pyridine rings is 1. The third-order valence-corrected chi connectivity index (χ3v) is 3.28. The number of nitrogens with zero attached hydrogens (tertiary/aromatic N) is 2. The van der Waals surface area contributed by atoms with Gasteiger partial charge in [-0.2, -0.15) is 0 Å². The summed E-state index contributed by atoms with van der Waals surface area (Å²) in [7, 11) is 0. The molecule has 0 amide bonds. The van der Waals surface area contributed by atoms with Gasteiger partial charge < -0.3 is 14.9 Å². The molecule has 6 nitrogen and oxygen atoms in total. The van der Waals surface area contributed by atoms with Crippen LogP contribution in [0.1, 0.15) is 23.0 Å². The van der Waals surface area contributed by atoms with Crippen LogP contribution in [0.3, 0.4) is 0 Å². The van der Waals surface area contributed by atoms with Crippen LogP contribution >= 0.6 is 0 Å². The molecule has 0 saturated carbocycles. The second-order valence-corrected chi connectivity index (χ2v) is 4.76. The Morgan fingerprint density at radius 3 is 2.95 bits per heavy atom. The highest BCUT2D eigenvalue weighted by Gasteiger charge is 2.25. The average Bonchev–Trinajstić information content (AvgIpc) is 2.42. The van der Waals surface area contributed by atoms with Gasteiger partial charge in [-0.25, -0.2) is 4.79 Å². The number of aliphatic hydroxyl groups is 1. The van der Waals surface area contributed by atoms with E-state index >= 15 is 0 Å². The van der Waals surface area contributed by atoms with Gasteiger partial charge >= 0.3 is 5.97 Å². The first-order chi connectivity index (χ1) is 9.10. The lowest BCUT2D eigenvalue weighted by molar-refractivity contribution is -0.0808. The largest absolute Gasteiger partial charge is 0.478 e. The number of morpholine rings is 1. The first kappa shape index (κ1) is 13.9. The van der Waals surface area contributed by atoms with E-state index in [4.69, 9.17) is 14.9 Å². The lowest BCUT2D eigenvalue weighted by Crippen LogP contribution is -2.48. The molecule has 1 aromatic heterocycles. The monoisotopic (exact) mass is 266 g/mol. The minimum Gasteiger partial charge on any atom is -0.478 e. The second kappa shape index (κ2) is 6.10. The maximum absolute atomic E-state index is 10.7. The number of carbonyl (C=O) groups is 1. The number of carboxylic acids is 1. The van der Waals surface area contributed by atoms with Crippen molar-refractivity contribution in [3.05, 3.63) is 29.6 Å². The molecule has 2 atom stereocenters. The maximum atomic E-state index is 10.7. The highest BCUT2D eigenvalue weighted by Crippen LogP contribution is 2.14. The molecule has 0 aromatic carbocycles. The second-order valence-electron chi connectivity index (χ2n) is 4.76. The van der Waals surface area contributed by atoms with E-state index in [0.29, 0.717) is 19.7 Å². The van der Waals surface area contributed by atoms with Crippen molar-refractivity contribution in [2.45, 2.75) is 25.6 Å². The van der Waals surface area contributed by atoms with Crippen molar-refractivity contribution in [2.24, 2.45) is 0 Å². The van der Waals surface area contributed by atoms with Crippen LogP contribution in [0, 0.1) is 0 Å². The van der Waals surface area contributed by atoms with Crippen LogP contribution in [0.25, 0.3) is 0 Å². The molecule has 6 heteroatoms. The summed E-state index contributed by atoms with van der Waals surface area (Å²) in [5.74, 6) is -0.973. The number of aromatic nitrogens is 1. The molecule has 2 heterocycles. The average molecular weight is 266 g/mol. The predicted octanol–water partition coefficient (Wildman–Crippen LogP) is 0.361. The Bertz CT molecular complexity index is 435. The van der Waals surface area contributed by atoms with E-state index in [0.717, 1.165) is 5.69 Å². The van der Waals surface area contributed by atoms with Crippen molar-refractivity contribution < 1.29 is 19.7 Å². The van der Waals surface area contributed by atoms with Crippen LogP contribution in [-0.2, 0) is 11.3 Å². The molecule has 2 N–H and O–H groups in total. The Hall–Kier alpha value is -1.50. The van der Waals surface area contributed by atoms with Crippen molar-refractivity contribution in [1.29, 1.82) is 0 Å². The van der Waals surface area contributed by atoms with Gasteiger partial charge in [-0.1, -0.05) is 0 Å². The van der Waals surface area contributed by atoms with E-state index < -0.39 is 5.97 Å². The molecule has 104 valence electrons. The molecule has 1 aromatic rings. The molecule has 2 rings (SSSR count). The van der Waals surface area contributed by atoms with Crippen LogP contribution < -0.4 is 0 Å². The van der Waals surface area contributed by atoms with Gasteiger partial charge in [-0.05, 0) is 19.1 Å². The number of hydrogen-bond donors (Lipinski definition) is 2. The quantitative estimate of drug-likeness (QED) is 0.819. The molecular formula is C13H18N2O4. The summed E-state index contributed by atoms with van der Waals surface area (Å²) in [6.07, 6.45) is 1.21. The van der Waals surface area contributed by atoms with Gasteiger partial charge in [0, 0.05) is 25.3 Å². The van der Waals surface area contributed by atoms with Gasteiger partial charge in [0.1, 0.15) is 0 Å². The zero-order valence-electron chi connectivity index (χ0n) is 10.8. The molecule has 2 unspecified atom stereocenters. The summed E-state index contributed by atoms with van der Waals surface area (Å²) < 4.78 is 5.47. The molecule has 19 heavy (non-hydrogen) atoms. The third-order valence-electron chi connectivity index (χ3n) is 3.28. The number of carboxylic acid groups (broad SMARTS) is 1. The molecular weight excluding hydrogens is 248 g/mol. The minimum absolute atomic E-state index is 0.00853. The van der Waals surface area contributed by atoms with Gasteiger partial charge in [-0.15, -0.1) is 0 Å². The van der Waals surface area contributed by atoms with Crippen molar-refractivity contribution in [1.82, 2.24) is 9.88 Å². The van der Waals surface area contributed by atoms with Crippen LogP contribution in [0.5, 0.6) is 0 Å². The van der Waals surface area contributed by atoms with Crippen LogP contribution in [0.2, 0.25) is 0 Å². The zero-order chi connectivity index (χ0) is 13.8. The SMILES string of the molecule is CC1COC(CO)CN1Cc1ccc(C(=O)O)cn1.